The number of benzene rings is 3. The minimum Gasteiger partial charge on any atom is -0.484 e. The van der Waals surface area contributed by atoms with Gasteiger partial charge in [-0.05, 0) is 37.3 Å². The third kappa shape index (κ3) is 5.58. The Bertz CT molecular complexity index is 1330. The number of rotatable bonds is 7. The van der Waals surface area contributed by atoms with E-state index in [0.717, 1.165) is 15.6 Å². The van der Waals surface area contributed by atoms with Gasteiger partial charge in [-0.25, -0.2) is 10.2 Å². The van der Waals surface area contributed by atoms with Crippen LogP contribution in [0.5, 0.6) is 11.5 Å². The number of carbonyl (C=O) groups excluding carboxylic acids is 2. The van der Waals surface area contributed by atoms with E-state index in [4.69, 9.17) is 21.1 Å². The Morgan fingerprint density at radius 1 is 1.03 bits per heavy atom. The van der Waals surface area contributed by atoms with Crippen molar-refractivity contribution in [3.05, 3.63) is 93.8 Å². The SMILES string of the molecule is Cc1ccc(OCC(=O)N/N=C\c2ccccc2OC(=O)c2sc3ccccc3c2Cl)cc1. The summed E-state index contributed by atoms with van der Waals surface area (Å²) >= 11 is 7.65. The Hall–Kier alpha value is -3.68. The standard InChI is InChI=1S/C25H19ClN2O4S/c1-16-10-12-18(13-11-16)31-15-22(29)28-27-14-17-6-2-4-8-20(17)32-25(30)24-23(26)19-7-3-5-9-21(19)33-24/h2-14H,15H2,1H3,(H,28,29)/b27-14-. The monoisotopic (exact) mass is 478 g/mol. The summed E-state index contributed by atoms with van der Waals surface area (Å²) < 4.78 is 11.9. The number of aryl methyl sites for hydroxylation is 1. The molecule has 0 bridgehead atoms. The topological polar surface area (TPSA) is 77.0 Å². The first kappa shape index (κ1) is 22.5. The lowest BCUT2D eigenvalue weighted by Gasteiger charge is -2.07. The molecule has 8 heteroatoms. The average molecular weight is 479 g/mol. The molecule has 0 unspecified atom stereocenters. The second-order valence-electron chi connectivity index (χ2n) is 7.06. The molecule has 33 heavy (non-hydrogen) atoms. The Balaban J connectivity index is 1.39. The molecular weight excluding hydrogens is 460 g/mol. The van der Waals surface area contributed by atoms with Gasteiger partial charge >= 0.3 is 5.97 Å². The molecule has 0 radical (unpaired) electrons. The van der Waals surface area contributed by atoms with E-state index in [0.29, 0.717) is 27.0 Å². The minimum absolute atomic E-state index is 0.179. The molecule has 6 nitrogen and oxygen atoms in total. The number of para-hydroxylation sites is 1. The number of hydrogen-bond donors (Lipinski definition) is 1. The summed E-state index contributed by atoms with van der Waals surface area (Å²) in [6.45, 7) is 1.79. The van der Waals surface area contributed by atoms with E-state index in [1.807, 2.05) is 43.3 Å². The molecule has 0 saturated heterocycles. The molecule has 1 heterocycles. The molecule has 1 N–H and O–H groups in total. The van der Waals surface area contributed by atoms with E-state index < -0.39 is 11.9 Å². The fourth-order valence-corrected chi connectivity index (χ4v) is 4.35. The van der Waals surface area contributed by atoms with Crippen LogP contribution in [0.3, 0.4) is 0 Å². The zero-order valence-corrected chi connectivity index (χ0v) is 19.2. The number of hydrazone groups is 1. The normalized spacial score (nSPS) is 11.0. The van der Waals surface area contributed by atoms with Crippen molar-refractivity contribution < 1.29 is 19.1 Å². The number of esters is 1. The van der Waals surface area contributed by atoms with Crippen LogP contribution in [0.2, 0.25) is 5.02 Å². The maximum Gasteiger partial charge on any atom is 0.355 e. The minimum atomic E-state index is -0.558. The lowest BCUT2D eigenvalue weighted by atomic mass is 10.2. The number of hydrogen-bond acceptors (Lipinski definition) is 6. The van der Waals surface area contributed by atoms with Crippen LogP contribution in [0.1, 0.15) is 20.8 Å². The summed E-state index contributed by atoms with van der Waals surface area (Å²) in [5, 5.41) is 5.12. The lowest BCUT2D eigenvalue weighted by Crippen LogP contribution is -2.24. The largest absolute Gasteiger partial charge is 0.484 e. The van der Waals surface area contributed by atoms with Crippen molar-refractivity contribution in [1.82, 2.24) is 5.43 Å². The van der Waals surface area contributed by atoms with Crippen molar-refractivity contribution in [2.24, 2.45) is 5.10 Å². The number of nitrogens with zero attached hydrogens (tertiary/aromatic N) is 1. The third-order valence-corrected chi connectivity index (χ3v) is 6.28. The highest BCUT2D eigenvalue weighted by Gasteiger charge is 2.19. The third-order valence-electron chi connectivity index (χ3n) is 4.63. The predicted molar refractivity (Wildman–Crippen MR) is 131 cm³/mol. The highest BCUT2D eigenvalue weighted by molar-refractivity contribution is 7.21. The molecule has 0 fully saturated rings. The van der Waals surface area contributed by atoms with Crippen LogP contribution in [0, 0.1) is 6.92 Å². The lowest BCUT2D eigenvalue weighted by molar-refractivity contribution is -0.123. The van der Waals surface area contributed by atoms with Crippen LogP contribution in [0.4, 0.5) is 0 Å². The molecule has 4 rings (SSSR count). The quantitative estimate of drug-likeness (QED) is 0.162. The van der Waals surface area contributed by atoms with Crippen LogP contribution in [0.15, 0.2) is 77.9 Å². The fourth-order valence-electron chi connectivity index (χ4n) is 2.96. The number of nitrogens with one attached hydrogen (secondary N) is 1. The van der Waals surface area contributed by atoms with Gasteiger partial charge in [-0.2, -0.15) is 5.10 Å². The van der Waals surface area contributed by atoms with Crippen LogP contribution >= 0.6 is 22.9 Å². The van der Waals surface area contributed by atoms with Crippen molar-refractivity contribution in [3.63, 3.8) is 0 Å². The Morgan fingerprint density at radius 3 is 2.55 bits per heavy atom. The number of thiophene rings is 1. The summed E-state index contributed by atoms with van der Waals surface area (Å²) in [6, 6.07) is 21.7. The number of carbonyl (C=O) groups is 2. The summed E-state index contributed by atoms with van der Waals surface area (Å²) in [5.41, 5.74) is 4.02. The second-order valence-corrected chi connectivity index (χ2v) is 8.49. The molecule has 0 saturated carbocycles. The van der Waals surface area contributed by atoms with E-state index in [1.165, 1.54) is 17.6 Å². The van der Waals surface area contributed by atoms with Crippen molar-refractivity contribution in [1.29, 1.82) is 0 Å². The van der Waals surface area contributed by atoms with Gasteiger partial charge in [0.25, 0.3) is 5.91 Å². The zero-order chi connectivity index (χ0) is 23.2. The number of ether oxygens (including phenoxy) is 2. The first-order chi connectivity index (χ1) is 16.0. The number of fused-ring (bicyclic) bond motifs is 1. The van der Waals surface area contributed by atoms with Gasteiger partial charge in [0.2, 0.25) is 0 Å². The van der Waals surface area contributed by atoms with Gasteiger partial charge < -0.3 is 9.47 Å². The van der Waals surface area contributed by atoms with Gasteiger partial charge in [-0.1, -0.05) is 59.6 Å². The van der Waals surface area contributed by atoms with Crippen molar-refractivity contribution in [3.8, 4) is 11.5 Å². The van der Waals surface area contributed by atoms with Gasteiger partial charge in [0, 0.05) is 15.6 Å². The molecule has 0 aliphatic carbocycles. The molecule has 0 aliphatic heterocycles. The Labute approximate surface area is 199 Å². The fraction of sp³-hybridized carbons (Fsp3) is 0.0800. The first-order valence-corrected chi connectivity index (χ1v) is 11.2. The van der Waals surface area contributed by atoms with E-state index in [9.17, 15) is 9.59 Å². The molecule has 166 valence electrons. The predicted octanol–water partition coefficient (Wildman–Crippen LogP) is 5.61. The zero-order valence-electron chi connectivity index (χ0n) is 17.6. The molecule has 0 aliphatic rings. The van der Waals surface area contributed by atoms with Crippen molar-refractivity contribution in [2.75, 3.05) is 6.61 Å². The van der Waals surface area contributed by atoms with Crippen LogP contribution < -0.4 is 14.9 Å². The van der Waals surface area contributed by atoms with Gasteiger partial charge in [-0.3, -0.25) is 4.79 Å². The molecule has 1 amide bonds. The van der Waals surface area contributed by atoms with E-state index in [1.54, 1.807) is 36.4 Å². The van der Waals surface area contributed by atoms with Crippen LogP contribution in [0.25, 0.3) is 10.1 Å². The molecule has 0 atom stereocenters. The van der Waals surface area contributed by atoms with Gasteiger partial charge in [0.05, 0.1) is 11.2 Å². The summed E-state index contributed by atoms with van der Waals surface area (Å²) in [7, 11) is 0. The summed E-state index contributed by atoms with van der Waals surface area (Å²) in [4.78, 5) is 25.1. The molecule has 1 aromatic heterocycles. The maximum absolute atomic E-state index is 12.8. The van der Waals surface area contributed by atoms with Crippen LogP contribution in [-0.4, -0.2) is 24.7 Å². The van der Waals surface area contributed by atoms with E-state index in [2.05, 4.69) is 10.5 Å². The average Bonchev–Trinajstić information content (AvgIpc) is 3.16. The van der Waals surface area contributed by atoms with Gasteiger partial charge in [0.1, 0.15) is 16.4 Å². The van der Waals surface area contributed by atoms with E-state index >= 15 is 0 Å². The summed E-state index contributed by atoms with van der Waals surface area (Å²) in [5.74, 6) is -0.0854. The van der Waals surface area contributed by atoms with Gasteiger partial charge in [-0.15, -0.1) is 11.3 Å². The van der Waals surface area contributed by atoms with Crippen LogP contribution in [-0.2, 0) is 4.79 Å². The summed E-state index contributed by atoms with van der Waals surface area (Å²) in [6.07, 6.45) is 1.40. The second kappa shape index (κ2) is 10.3. The molecule has 3 aromatic carbocycles. The Kier molecular flexibility index (Phi) is 7.02. The first-order valence-electron chi connectivity index (χ1n) is 10.0. The van der Waals surface area contributed by atoms with Crippen molar-refractivity contribution >= 4 is 51.1 Å². The Morgan fingerprint density at radius 2 is 1.76 bits per heavy atom. The number of halogens is 1. The molecular formula is C25H19ClN2O4S. The van der Waals surface area contributed by atoms with E-state index in [-0.39, 0.29) is 6.61 Å². The molecule has 0 spiro atoms. The maximum atomic E-state index is 12.8. The highest BCUT2D eigenvalue weighted by Crippen LogP contribution is 2.36. The number of amides is 1. The van der Waals surface area contributed by atoms with Crippen molar-refractivity contribution in [2.45, 2.75) is 6.92 Å². The highest BCUT2D eigenvalue weighted by atomic mass is 35.5. The van der Waals surface area contributed by atoms with Gasteiger partial charge in [0.15, 0.2) is 6.61 Å². The molecule has 4 aromatic rings. The smallest absolute Gasteiger partial charge is 0.355 e.